The van der Waals surface area contributed by atoms with Gasteiger partial charge in [0, 0.05) is 32.4 Å². The van der Waals surface area contributed by atoms with Crippen LogP contribution in [0.25, 0.3) is 0 Å². The highest BCUT2D eigenvalue weighted by Gasteiger charge is 2.06. The van der Waals surface area contributed by atoms with Gasteiger partial charge in [0.2, 0.25) is 0 Å². The van der Waals surface area contributed by atoms with Crippen molar-refractivity contribution in [3.05, 3.63) is 23.2 Å². The van der Waals surface area contributed by atoms with E-state index in [1.165, 1.54) is 5.56 Å². The van der Waals surface area contributed by atoms with Gasteiger partial charge in [0.15, 0.2) is 0 Å². The second kappa shape index (κ2) is 9.14. The zero-order chi connectivity index (χ0) is 13.2. The Hall–Kier alpha value is -0.840. The molecule has 0 aliphatic heterocycles. The molecule has 0 radical (unpaired) electrons. The molecule has 0 aliphatic rings. The van der Waals surface area contributed by atoms with Crippen LogP contribution in [-0.4, -0.2) is 26.9 Å². The molecule has 4 nitrogen and oxygen atoms in total. The number of hydrogen-bond donors (Lipinski definition) is 1. The van der Waals surface area contributed by atoms with Crippen LogP contribution >= 0.6 is 0 Å². The minimum absolute atomic E-state index is 0.540. The van der Waals surface area contributed by atoms with Gasteiger partial charge in [-0.1, -0.05) is 6.92 Å². The summed E-state index contributed by atoms with van der Waals surface area (Å²) in [7, 11) is 1.70. The molecule has 0 spiro atoms. The van der Waals surface area contributed by atoms with Crippen molar-refractivity contribution in [1.29, 1.82) is 0 Å². The van der Waals surface area contributed by atoms with Crippen molar-refractivity contribution in [3.8, 4) is 0 Å². The van der Waals surface area contributed by atoms with Crippen molar-refractivity contribution in [3.63, 3.8) is 0 Å². The van der Waals surface area contributed by atoms with Crippen molar-refractivity contribution in [2.45, 2.75) is 39.8 Å². The van der Waals surface area contributed by atoms with Crippen molar-refractivity contribution in [2.75, 3.05) is 26.9 Å². The van der Waals surface area contributed by atoms with E-state index in [9.17, 15) is 0 Å². The lowest BCUT2D eigenvalue weighted by Gasteiger charge is -2.00. The Labute approximate surface area is 110 Å². The average Bonchev–Trinajstić information content (AvgIpc) is 2.70. The molecular formula is C14H25NO3. The van der Waals surface area contributed by atoms with Gasteiger partial charge in [-0.2, -0.15) is 0 Å². The van der Waals surface area contributed by atoms with E-state index in [1.807, 2.05) is 6.92 Å². The van der Waals surface area contributed by atoms with Crippen molar-refractivity contribution >= 4 is 0 Å². The summed E-state index contributed by atoms with van der Waals surface area (Å²) in [5, 5.41) is 3.37. The Morgan fingerprint density at radius 1 is 1.33 bits per heavy atom. The maximum atomic E-state index is 5.66. The normalized spacial score (nSPS) is 11.1. The lowest BCUT2D eigenvalue weighted by Crippen LogP contribution is -2.13. The van der Waals surface area contributed by atoms with Crippen LogP contribution in [0.3, 0.4) is 0 Å². The van der Waals surface area contributed by atoms with Crippen LogP contribution in [0.2, 0.25) is 0 Å². The molecule has 1 rings (SSSR count). The second-order valence-corrected chi connectivity index (χ2v) is 4.37. The maximum absolute atomic E-state index is 5.66. The van der Waals surface area contributed by atoms with Gasteiger partial charge in [0.05, 0.1) is 0 Å². The van der Waals surface area contributed by atoms with Crippen LogP contribution in [0.1, 0.15) is 36.8 Å². The van der Waals surface area contributed by atoms with Gasteiger partial charge >= 0.3 is 0 Å². The first-order valence-corrected chi connectivity index (χ1v) is 6.63. The third-order valence-corrected chi connectivity index (χ3v) is 2.70. The molecule has 1 aromatic rings. The van der Waals surface area contributed by atoms with E-state index < -0.39 is 0 Å². The molecule has 0 unspecified atom stereocenters. The maximum Gasteiger partial charge on any atom is 0.130 e. The molecule has 1 N–H and O–H groups in total. The van der Waals surface area contributed by atoms with E-state index >= 15 is 0 Å². The summed E-state index contributed by atoms with van der Waals surface area (Å²) in [4.78, 5) is 0. The summed E-state index contributed by atoms with van der Waals surface area (Å²) >= 11 is 0. The van der Waals surface area contributed by atoms with Crippen LogP contribution in [0.4, 0.5) is 0 Å². The zero-order valence-electron chi connectivity index (χ0n) is 11.8. The summed E-state index contributed by atoms with van der Waals surface area (Å²) < 4.78 is 16.1. The number of aryl methyl sites for hydroxylation is 1. The topological polar surface area (TPSA) is 43.6 Å². The molecule has 0 aromatic carbocycles. The standard InChI is InChI=1S/C14H25NO3/c1-4-6-15-10-13-9-14(18-12(13)2)11-17-8-5-7-16-3/h9,15H,4-8,10-11H2,1-3H3. The Morgan fingerprint density at radius 3 is 2.89 bits per heavy atom. The number of methoxy groups -OCH3 is 1. The average molecular weight is 255 g/mol. The van der Waals surface area contributed by atoms with Crippen molar-refractivity contribution in [1.82, 2.24) is 5.32 Å². The first kappa shape index (κ1) is 15.2. The summed E-state index contributed by atoms with van der Waals surface area (Å²) in [5.41, 5.74) is 1.22. The molecule has 0 saturated heterocycles. The first-order valence-electron chi connectivity index (χ1n) is 6.63. The molecule has 1 aromatic heterocycles. The number of hydrogen-bond acceptors (Lipinski definition) is 4. The van der Waals surface area contributed by atoms with Crippen molar-refractivity contribution < 1.29 is 13.9 Å². The molecule has 0 fully saturated rings. The largest absolute Gasteiger partial charge is 0.464 e. The molecule has 1 heterocycles. The van der Waals surface area contributed by atoms with E-state index in [0.717, 1.165) is 44.1 Å². The second-order valence-electron chi connectivity index (χ2n) is 4.37. The fourth-order valence-corrected chi connectivity index (χ4v) is 1.71. The molecule has 0 atom stereocenters. The molecular weight excluding hydrogens is 230 g/mol. The van der Waals surface area contributed by atoms with Gasteiger partial charge in [0.25, 0.3) is 0 Å². The van der Waals surface area contributed by atoms with E-state index in [1.54, 1.807) is 7.11 Å². The highest BCUT2D eigenvalue weighted by atomic mass is 16.5. The lowest BCUT2D eigenvalue weighted by molar-refractivity contribution is 0.0823. The minimum Gasteiger partial charge on any atom is -0.464 e. The molecule has 0 saturated carbocycles. The highest BCUT2D eigenvalue weighted by molar-refractivity contribution is 5.20. The van der Waals surface area contributed by atoms with Gasteiger partial charge in [0.1, 0.15) is 18.1 Å². The van der Waals surface area contributed by atoms with Crippen LogP contribution in [0, 0.1) is 6.92 Å². The number of furan rings is 1. The third-order valence-electron chi connectivity index (χ3n) is 2.70. The Bertz CT molecular complexity index is 323. The van der Waals surface area contributed by atoms with Crippen LogP contribution in [0.15, 0.2) is 10.5 Å². The van der Waals surface area contributed by atoms with Gasteiger partial charge in [-0.15, -0.1) is 0 Å². The number of ether oxygens (including phenoxy) is 2. The molecule has 0 aliphatic carbocycles. The lowest BCUT2D eigenvalue weighted by atomic mass is 10.2. The summed E-state index contributed by atoms with van der Waals surface area (Å²) in [5.74, 6) is 1.88. The Balaban J connectivity index is 2.27. The quantitative estimate of drug-likeness (QED) is 0.653. The van der Waals surface area contributed by atoms with E-state index in [2.05, 4.69) is 18.3 Å². The van der Waals surface area contributed by atoms with Gasteiger partial charge in [-0.25, -0.2) is 0 Å². The van der Waals surface area contributed by atoms with Crippen molar-refractivity contribution in [2.24, 2.45) is 0 Å². The van der Waals surface area contributed by atoms with Gasteiger partial charge < -0.3 is 19.2 Å². The molecule has 4 heteroatoms. The smallest absolute Gasteiger partial charge is 0.130 e. The van der Waals surface area contributed by atoms with E-state index in [4.69, 9.17) is 13.9 Å². The van der Waals surface area contributed by atoms with E-state index in [0.29, 0.717) is 13.2 Å². The fraction of sp³-hybridized carbons (Fsp3) is 0.714. The van der Waals surface area contributed by atoms with Gasteiger partial charge in [-0.05, 0) is 32.4 Å². The predicted molar refractivity (Wildman–Crippen MR) is 71.6 cm³/mol. The summed E-state index contributed by atoms with van der Waals surface area (Å²) in [6, 6.07) is 2.08. The molecule has 104 valence electrons. The monoisotopic (exact) mass is 255 g/mol. The summed E-state index contributed by atoms with van der Waals surface area (Å²) in [6.45, 7) is 8.05. The van der Waals surface area contributed by atoms with E-state index in [-0.39, 0.29) is 0 Å². The van der Waals surface area contributed by atoms with Crippen LogP contribution in [-0.2, 0) is 22.6 Å². The zero-order valence-corrected chi connectivity index (χ0v) is 11.8. The highest BCUT2D eigenvalue weighted by Crippen LogP contribution is 2.15. The first-order chi connectivity index (χ1) is 8.77. The number of nitrogens with one attached hydrogen (secondary N) is 1. The van der Waals surface area contributed by atoms with Gasteiger partial charge in [-0.3, -0.25) is 0 Å². The summed E-state index contributed by atoms with van der Waals surface area (Å²) in [6.07, 6.45) is 2.06. The Kier molecular flexibility index (Phi) is 7.73. The van der Waals surface area contributed by atoms with Crippen LogP contribution in [0.5, 0.6) is 0 Å². The SMILES string of the molecule is CCCNCc1cc(COCCCOC)oc1C. The molecule has 18 heavy (non-hydrogen) atoms. The number of rotatable bonds is 10. The predicted octanol–water partition coefficient (Wildman–Crippen LogP) is 2.64. The molecule has 0 bridgehead atoms. The Morgan fingerprint density at radius 2 is 2.17 bits per heavy atom. The minimum atomic E-state index is 0.540. The third kappa shape index (κ3) is 5.67. The fourth-order valence-electron chi connectivity index (χ4n) is 1.71. The van der Waals surface area contributed by atoms with Crippen LogP contribution < -0.4 is 5.32 Å². The molecule has 0 amide bonds.